The molecule has 1 amide bonds. The highest BCUT2D eigenvalue weighted by atomic mass is 32.2. The molecule has 0 heterocycles. The minimum atomic E-state index is -0.532. The van der Waals surface area contributed by atoms with Gasteiger partial charge in [0.25, 0.3) is 0 Å². The van der Waals surface area contributed by atoms with E-state index in [0.717, 1.165) is 12.8 Å². The molecule has 0 unspecified atom stereocenters. The average molecular weight is 311 g/mol. The molecule has 0 aliphatic heterocycles. The Bertz CT molecular complexity index is 502. The highest BCUT2D eigenvalue weighted by Crippen LogP contribution is 2.31. The van der Waals surface area contributed by atoms with E-state index in [4.69, 9.17) is 4.74 Å². The molecule has 1 aliphatic carbocycles. The Morgan fingerprint density at radius 1 is 1.38 bits per heavy atom. The third kappa shape index (κ3) is 5.04. The molecule has 0 bridgehead atoms. The van der Waals surface area contributed by atoms with Crippen LogP contribution in [-0.4, -0.2) is 30.3 Å². The first kappa shape index (κ1) is 15.8. The summed E-state index contributed by atoms with van der Waals surface area (Å²) in [5.74, 6) is -0.753. The molecule has 1 fully saturated rings. The Balaban J connectivity index is 2.03. The van der Waals surface area contributed by atoms with Gasteiger partial charge in [0, 0.05) is 6.04 Å². The number of carbonyl (C=O) groups is 2. The number of carbonyl (C=O) groups excluding carboxylic acids is 2. The van der Waals surface area contributed by atoms with E-state index in [2.05, 4.69) is 5.32 Å². The van der Waals surface area contributed by atoms with Gasteiger partial charge in [0.15, 0.2) is 0 Å². The molecular weight excluding hydrogens is 293 g/mol. The lowest BCUT2D eigenvalue weighted by molar-refractivity contribution is -0.139. The Labute approximate surface area is 127 Å². The van der Waals surface area contributed by atoms with Crippen molar-refractivity contribution in [2.45, 2.75) is 31.1 Å². The lowest BCUT2D eigenvalue weighted by Gasteiger charge is -2.16. The van der Waals surface area contributed by atoms with Crippen molar-refractivity contribution in [1.29, 1.82) is 0 Å². The zero-order valence-corrected chi connectivity index (χ0v) is 12.6. The summed E-state index contributed by atoms with van der Waals surface area (Å²) in [6.45, 7) is 2.05. The summed E-state index contributed by atoms with van der Waals surface area (Å²) in [6.07, 6.45) is 1.98. The van der Waals surface area contributed by atoms with Gasteiger partial charge in [-0.2, -0.15) is 0 Å². The van der Waals surface area contributed by atoms with Crippen LogP contribution in [0.2, 0.25) is 0 Å². The second-order valence-corrected chi connectivity index (χ2v) is 5.92. The van der Waals surface area contributed by atoms with Gasteiger partial charge in [-0.1, -0.05) is 12.1 Å². The van der Waals surface area contributed by atoms with Crippen LogP contribution >= 0.6 is 11.8 Å². The summed E-state index contributed by atoms with van der Waals surface area (Å²) in [5.41, 5.74) is 0.684. The van der Waals surface area contributed by atoms with Crippen LogP contribution in [0.1, 0.15) is 30.6 Å². The molecule has 0 saturated heterocycles. The molecule has 1 atom stereocenters. The summed E-state index contributed by atoms with van der Waals surface area (Å²) < 4.78 is 17.9. The topological polar surface area (TPSA) is 55.4 Å². The first-order chi connectivity index (χ1) is 10.1. The lowest BCUT2D eigenvalue weighted by Crippen LogP contribution is -2.30. The van der Waals surface area contributed by atoms with E-state index in [1.807, 2.05) is 0 Å². The minimum absolute atomic E-state index is 0.0912. The Kier molecular flexibility index (Phi) is 5.61. The van der Waals surface area contributed by atoms with Crippen molar-refractivity contribution in [3.8, 4) is 0 Å². The number of hydrogen-bond acceptors (Lipinski definition) is 4. The van der Waals surface area contributed by atoms with Crippen LogP contribution in [0.4, 0.5) is 4.39 Å². The summed E-state index contributed by atoms with van der Waals surface area (Å²) in [4.78, 5) is 23.7. The molecule has 4 nitrogen and oxygen atoms in total. The molecule has 0 radical (unpaired) electrons. The zero-order chi connectivity index (χ0) is 15.2. The highest BCUT2D eigenvalue weighted by Gasteiger charge is 2.29. The third-order valence-corrected chi connectivity index (χ3v) is 4.23. The Hall–Kier alpha value is -1.56. The van der Waals surface area contributed by atoms with Crippen molar-refractivity contribution in [2.24, 2.45) is 0 Å². The number of nitrogens with one attached hydrogen (secondary N) is 1. The van der Waals surface area contributed by atoms with E-state index in [1.54, 1.807) is 19.1 Å². The van der Waals surface area contributed by atoms with Crippen molar-refractivity contribution in [2.75, 3.05) is 12.4 Å². The van der Waals surface area contributed by atoms with E-state index >= 15 is 0 Å². The first-order valence-corrected chi connectivity index (χ1v) is 7.98. The van der Waals surface area contributed by atoms with Crippen LogP contribution in [0.15, 0.2) is 24.3 Å². The molecule has 0 spiro atoms. The Morgan fingerprint density at radius 3 is 2.62 bits per heavy atom. The van der Waals surface area contributed by atoms with Gasteiger partial charge in [-0.25, -0.2) is 4.39 Å². The van der Waals surface area contributed by atoms with E-state index in [9.17, 15) is 14.0 Å². The molecular formula is C15H18FNO3S. The third-order valence-electron chi connectivity index (χ3n) is 3.01. The second-order valence-electron chi connectivity index (χ2n) is 4.83. The number of esters is 1. The van der Waals surface area contributed by atoms with Crippen LogP contribution < -0.4 is 5.32 Å². The van der Waals surface area contributed by atoms with Gasteiger partial charge in [-0.15, -0.1) is 11.8 Å². The monoisotopic (exact) mass is 311 g/mol. The van der Waals surface area contributed by atoms with Crippen molar-refractivity contribution in [3.63, 3.8) is 0 Å². The predicted molar refractivity (Wildman–Crippen MR) is 79.4 cm³/mol. The number of amides is 1. The highest BCUT2D eigenvalue weighted by molar-refractivity contribution is 8.00. The van der Waals surface area contributed by atoms with Crippen molar-refractivity contribution >= 4 is 23.6 Å². The molecule has 1 aliphatic rings. The SMILES string of the molecule is CCOC(=O)CS[C@@H](C(=O)NC1CC1)c1ccc(F)cc1. The average Bonchev–Trinajstić information content (AvgIpc) is 3.25. The maximum atomic E-state index is 13.0. The molecule has 21 heavy (non-hydrogen) atoms. The van der Waals surface area contributed by atoms with Crippen LogP contribution in [0, 0.1) is 5.82 Å². The van der Waals surface area contributed by atoms with E-state index in [1.165, 1.54) is 23.9 Å². The van der Waals surface area contributed by atoms with E-state index in [0.29, 0.717) is 12.2 Å². The molecule has 114 valence electrons. The number of rotatable bonds is 7. The fourth-order valence-corrected chi connectivity index (χ4v) is 2.77. The van der Waals surface area contributed by atoms with Crippen molar-refractivity contribution in [3.05, 3.63) is 35.6 Å². The van der Waals surface area contributed by atoms with Gasteiger partial charge in [-0.05, 0) is 37.5 Å². The second kappa shape index (κ2) is 7.45. The maximum absolute atomic E-state index is 13.0. The number of halogens is 1. The molecule has 1 saturated carbocycles. The molecule has 6 heteroatoms. The smallest absolute Gasteiger partial charge is 0.315 e. The van der Waals surface area contributed by atoms with Gasteiger partial charge >= 0.3 is 5.97 Å². The van der Waals surface area contributed by atoms with E-state index in [-0.39, 0.29) is 29.5 Å². The van der Waals surface area contributed by atoms with Gasteiger partial charge in [0.05, 0.1) is 12.4 Å². The summed E-state index contributed by atoms with van der Waals surface area (Å²) in [6, 6.07) is 6.02. The lowest BCUT2D eigenvalue weighted by atomic mass is 10.1. The molecule has 1 aromatic carbocycles. The molecule has 0 aromatic heterocycles. The summed E-state index contributed by atoms with van der Waals surface area (Å²) >= 11 is 1.20. The number of benzene rings is 1. The van der Waals surface area contributed by atoms with E-state index < -0.39 is 5.25 Å². The van der Waals surface area contributed by atoms with Crippen LogP contribution in [0.25, 0.3) is 0 Å². The van der Waals surface area contributed by atoms with Crippen LogP contribution in [0.5, 0.6) is 0 Å². The van der Waals surface area contributed by atoms with Gasteiger partial charge in [-0.3, -0.25) is 9.59 Å². The quantitative estimate of drug-likeness (QED) is 0.786. The fourth-order valence-electron chi connectivity index (χ4n) is 1.82. The maximum Gasteiger partial charge on any atom is 0.315 e. The van der Waals surface area contributed by atoms with Gasteiger partial charge in [0.2, 0.25) is 5.91 Å². The first-order valence-electron chi connectivity index (χ1n) is 6.93. The number of hydrogen-bond donors (Lipinski definition) is 1. The van der Waals surface area contributed by atoms with Crippen molar-refractivity contribution in [1.82, 2.24) is 5.32 Å². The number of ether oxygens (including phenoxy) is 1. The standard InChI is InChI=1S/C15H18FNO3S/c1-2-20-13(18)9-21-14(15(19)17-12-7-8-12)10-3-5-11(16)6-4-10/h3-6,12,14H,2,7-9H2,1H3,(H,17,19)/t14-/m1/s1. The predicted octanol–water partition coefficient (Wildman–Crippen LogP) is 2.44. The van der Waals surface area contributed by atoms with Crippen LogP contribution in [0.3, 0.4) is 0 Å². The molecule has 1 N–H and O–H groups in total. The molecule has 1 aromatic rings. The van der Waals surface area contributed by atoms with Crippen molar-refractivity contribution < 1.29 is 18.7 Å². The Morgan fingerprint density at radius 2 is 2.05 bits per heavy atom. The largest absolute Gasteiger partial charge is 0.465 e. The minimum Gasteiger partial charge on any atom is -0.465 e. The van der Waals surface area contributed by atoms with Gasteiger partial charge < -0.3 is 10.1 Å². The molecule has 2 rings (SSSR count). The van der Waals surface area contributed by atoms with Crippen LogP contribution in [-0.2, 0) is 14.3 Å². The normalized spacial score (nSPS) is 15.3. The number of thioether (sulfide) groups is 1. The summed E-state index contributed by atoms with van der Waals surface area (Å²) in [7, 11) is 0. The fraction of sp³-hybridized carbons (Fsp3) is 0.467. The summed E-state index contributed by atoms with van der Waals surface area (Å²) in [5, 5.41) is 2.39. The zero-order valence-electron chi connectivity index (χ0n) is 11.8. The van der Waals surface area contributed by atoms with Gasteiger partial charge in [0.1, 0.15) is 11.1 Å².